The number of carbonyl (C=O) groups excluding carboxylic acids is 1. The Hall–Kier alpha value is -1.71. The number of benzene rings is 1. The van der Waals surface area contributed by atoms with Gasteiger partial charge >= 0.3 is 0 Å². The van der Waals surface area contributed by atoms with Crippen molar-refractivity contribution in [3.8, 4) is 17.2 Å². The fraction of sp³-hybridized carbons (Fsp3) is 0.125. The Morgan fingerprint density at radius 3 is 3.00 bits per heavy atom. The molecule has 0 aliphatic carbocycles. The molecule has 1 aliphatic rings. The van der Waals surface area contributed by atoms with Gasteiger partial charge in [-0.3, -0.25) is 4.79 Å². The van der Waals surface area contributed by atoms with Gasteiger partial charge in [0, 0.05) is 5.56 Å². The second kappa shape index (κ2) is 2.41. The quantitative estimate of drug-likeness (QED) is 0.630. The standard InChI is InChI=1S/C8H6O4/c9-3-5-1-6(10)8-7(2-5)11-4-12-8/h1-3,10H,4H2. The monoisotopic (exact) mass is 166 g/mol. The Kier molecular flexibility index (Phi) is 1.40. The van der Waals surface area contributed by atoms with Crippen LogP contribution in [0.1, 0.15) is 10.4 Å². The maximum Gasteiger partial charge on any atom is 0.231 e. The van der Waals surface area contributed by atoms with Crippen LogP contribution in [0, 0.1) is 0 Å². The van der Waals surface area contributed by atoms with Crippen LogP contribution in [0.3, 0.4) is 0 Å². The maximum absolute atomic E-state index is 10.4. The van der Waals surface area contributed by atoms with Crippen LogP contribution < -0.4 is 9.47 Å². The normalized spacial score (nSPS) is 13.0. The number of hydrogen-bond acceptors (Lipinski definition) is 4. The second-order valence-corrected chi connectivity index (χ2v) is 2.39. The smallest absolute Gasteiger partial charge is 0.231 e. The molecule has 4 nitrogen and oxygen atoms in total. The van der Waals surface area contributed by atoms with E-state index in [0.717, 1.165) is 0 Å². The Morgan fingerprint density at radius 1 is 1.42 bits per heavy atom. The van der Waals surface area contributed by atoms with E-state index >= 15 is 0 Å². The fourth-order valence-corrected chi connectivity index (χ4v) is 1.08. The van der Waals surface area contributed by atoms with Gasteiger partial charge in [-0.15, -0.1) is 0 Å². The molecule has 1 aliphatic heterocycles. The van der Waals surface area contributed by atoms with E-state index in [9.17, 15) is 9.90 Å². The van der Waals surface area contributed by atoms with E-state index < -0.39 is 0 Å². The number of hydrogen-bond donors (Lipinski definition) is 1. The Morgan fingerprint density at radius 2 is 2.25 bits per heavy atom. The number of ether oxygens (including phenoxy) is 2. The van der Waals surface area contributed by atoms with Crippen molar-refractivity contribution in [2.45, 2.75) is 0 Å². The van der Waals surface area contributed by atoms with E-state index in [1.54, 1.807) is 0 Å². The number of phenols is 1. The first-order chi connectivity index (χ1) is 5.81. The first kappa shape index (κ1) is 6.97. The molecule has 0 unspecified atom stereocenters. The van der Waals surface area contributed by atoms with Crippen LogP contribution in [0.2, 0.25) is 0 Å². The van der Waals surface area contributed by atoms with E-state index in [0.29, 0.717) is 23.3 Å². The summed E-state index contributed by atoms with van der Waals surface area (Å²) in [6.07, 6.45) is 0.641. The van der Waals surface area contributed by atoms with Gasteiger partial charge in [0.15, 0.2) is 11.5 Å². The van der Waals surface area contributed by atoms with Gasteiger partial charge in [0.05, 0.1) is 0 Å². The molecule has 0 radical (unpaired) electrons. The number of rotatable bonds is 1. The van der Waals surface area contributed by atoms with Crippen LogP contribution in [0.25, 0.3) is 0 Å². The highest BCUT2D eigenvalue weighted by Gasteiger charge is 2.18. The third-order valence-corrected chi connectivity index (χ3v) is 1.61. The van der Waals surface area contributed by atoms with Crippen LogP contribution in [0.5, 0.6) is 17.2 Å². The molecule has 12 heavy (non-hydrogen) atoms. The van der Waals surface area contributed by atoms with Crippen molar-refractivity contribution in [2.75, 3.05) is 6.79 Å². The van der Waals surface area contributed by atoms with E-state index in [-0.39, 0.29) is 12.5 Å². The number of fused-ring (bicyclic) bond motifs is 1. The second-order valence-electron chi connectivity index (χ2n) is 2.39. The fourth-order valence-electron chi connectivity index (χ4n) is 1.08. The van der Waals surface area contributed by atoms with Crippen LogP contribution in [-0.2, 0) is 0 Å². The highest BCUT2D eigenvalue weighted by Crippen LogP contribution is 2.40. The highest BCUT2D eigenvalue weighted by molar-refractivity contribution is 5.78. The lowest BCUT2D eigenvalue weighted by Crippen LogP contribution is -1.93. The van der Waals surface area contributed by atoms with Crippen LogP contribution in [0.15, 0.2) is 12.1 Å². The van der Waals surface area contributed by atoms with E-state index in [1.807, 2.05) is 0 Å². The van der Waals surface area contributed by atoms with Gasteiger partial charge in [0.25, 0.3) is 0 Å². The van der Waals surface area contributed by atoms with E-state index in [1.165, 1.54) is 12.1 Å². The summed E-state index contributed by atoms with van der Waals surface area (Å²) < 4.78 is 9.92. The summed E-state index contributed by atoms with van der Waals surface area (Å²) in [7, 11) is 0. The minimum atomic E-state index is -0.0629. The average Bonchev–Trinajstić information content (AvgIpc) is 2.52. The SMILES string of the molecule is O=Cc1cc(O)c2c(c1)OCO2. The third kappa shape index (κ3) is 0.887. The molecule has 0 saturated heterocycles. The summed E-state index contributed by atoms with van der Waals surface area (Å²) in [4.78, 5) is 10.4. The van der Waals surface area contributed by atoms with Crippen molar-refractivity contribution in [2.24, 2.45) is 0 Å². The topological polar surface area (TPSA) is 55.8 Å². The number of aromatic hydroxyl groups is 1. The minimum absolute atomic E-state index is 0.0629. The summed E-state index contributed by atoms with van der Waals surface area (Å²) in [6, 6.07) is 2.86. The van der Waals surface area contributed by atoms with Crippen LogP contribution in [-0.4, -0.2) is 18.2 Å². The van der Waals surface area contributed by atoms with Crippen molar-refractivity contribution in [3.05, 3.63) is 17.7 Å². The zero-order valence-corrected chi connectivity index (χ0v) is 6.11. The molecule has 1 heterocycles. The summed E-state index contributed by atoms with van der Waals surface area (Å²) in [5.74, 6) is 0.657. The van der Waals surface area contributed by atoms with Crippen LogP contribution >= 0.6 is 0 Å². The van der Waals surface area contributed by atoms with Gasteiger partial charge < -0.3 is 14.6 Å². The predicted octanol–water partition coefficient (Wildman–Crippen LogP) is 0.933. The largest absolute Gasteiger partial charge is 0.504 e. The third-order valence-electron chi connectivity index (χ3n) is 1.61. The van der Waals surface area contributed by atoms with Gasteiger partial charge in [0.2, 0.25) is 12.5 Å². The van der Waals surface area contributed by atoms with Gasteiger partial charge in [-0.25, -0.2) is 0 Å². The molecule has 2 rings (SSSR count). The first-order valence-electron chi connectivity index (χ1n) is 3.39. The highest BCUT2D eigenvalue weighted by atomic mass is 16.7. The lowest BCUT2D eigenvalue weighted by Gasteiger charge is -1.99. The summed E-state index contributed by atoms with van der Waals surface area (Å²) >= 11 is 0. The zero-order valence-electron chi connectivity index (χ0n) is 6.11. The minimum Gasteiger partial charge on any atom is -0.504 e. The molecule has 0 aromatic heterocycles. The summed E-state index contributed by atoms with van der Waals surface area (Å²) in [6.45, 7) is 0.0885. The molecular weight excluding hydrogens is 160 g/mol. The molecule has 1 aromatic carbocycles. The van der Waals surface area contributed by atoms with Crippen LogP contribution in [0.4, 0.5) is 0 Å². The summed E-state index contributed by atoms with van der Waals surface area (Å²) in [5, 5.41) is 9.28. The maximum atomic E-state index is 10.4. The average molecular weight is 166 g/mol. The molecule has 1 N–H and O–H groups in total. The number of carbonyl (C=O) groups is 1. The Balaban J connectivity index is 2.58. The van der Waals surface area contributed by atoms with Crippen molar-refractivity contribution in [3.63, 3.8) is 0 Å². The lowest BCUT2D eigenvalue weighted by atomic mass is 10.2. The zero-order chi connectivity index (χ0) is 8.55. The molecule has 0 saturated carbocycles. The molecular formula is C8H6O4. The summed E-state index contributed by atoms with van der Waals surface area (Å²) in [5.41, 5.74) is 0.372. The number of aldehydes is 1. The molecule has 0 bridgehead atoms. The predicted molar refractivity (Wildman–Crippen MR) is 39.6 cm³/mol. The first-order valence-corrected chi connectivity index (χ1v) is 3.39. The van der Waals surface area contributed by atoms with Gasteiger partial charge in [-0.2, -0.15) is 0 Å². The molecule has 0 amide bonds. The lowest BCUT2D eigenvalue weighted by molar-refractivity contribution is 0.112. The van der Waals surface area contributed by atoms with E-state index in [4.69, 9.17) is 9.47 Å². The van der Waals surface area contributed by atoms with Gasteiger partial charge in [-0.1, -0.05) is 0 Å². The Bertz CT molecular complexity index is 332. The van der Waals surface area contributed by atoms with E-state index in [2.05, 4.69) is 0 Å². The molecule has 1 aromatic rings. The van der Waals surface area contributed by atoms with Gasteiger partial charge in [0.1, 0.15) is 6.29 Å². The molecule has 62 valence electrons. The van der Waals surface area contributed by atoms with Crippen molar-refractivity contribution in [1.82, 2.24) is 0 Å². The molecule has 0 spiro atoms. The van der Waals surface area contributed by atoms with Crippen molar-refractivity contribution < 1.29 is 19.4 Å². The van der Waals surface area contributed by atoms with Gasteiger partial charge in [-0.05, 0) is 12.1 Å². The molecule has 0 fully saturated rings. The van der Waals surface area contributed by atoms with Crippen molar-refractivity contribution >= 4 is 6.29 Å². The molecule has 0 atom stereocenters. The van der Waals surface area contributed by atoms with Crippen molar-refractivity contribution in [1.29, 1.82) is 0 Å². The number of phenolic OH excluding ortho intramolecular Hbond substituents is 1. The molecule has 4 heteroatoms. The Labute approximate surface area is 68.3 Å².